The van der Waals surface area contributed by atoms with Gasteiger partial charge in [-0.3, -0.25) is 4.79 Å². The summed E-state index contributed by atoms with van der Waals surface area (Å²) in [6, 6.07) is 7.30. The van der Waals surface area contributed by atoms with Crippen LogP contribution in [0.2, 0.25) is 0 Å². The molecule has 0 aliphatic carbocycles. The number of carboxylic acids is 1. The molecule has 0 bridgehead atoms. The number of ether oxygens (including phenoxy) is 2. The van der Waals surface area contributed by atoms with E-state index in [2.05, 4.69) is 0 Å². The molecule has 0 aromatic heterocycles. The van der Waals surface area contributed by atoms with E-state index in [1.807, 2.05) is 18.2 Å². The van der Waals surface area contributed by atoms with Crippen LogP contribution in [0.4, 0.5) is 0 Å². The Balaban J connectivity index is 2.24. The molecule has 2 rings (SSSR count). The summed E-state index contributed by atoms with van der Waals surface area (Å²) in [6.45, 7) is 1.12. The maximum atomic E-state index is 10.7. The van der Waals surface area contributed by atoms with Crippen molar-refractivity contribution >= 4 is 5.97 Å². The lowest BCUT2D eigenvalue weighted by molar-refractivity contribution is -0.136. The summed E-state index contributed by atoms with van der Waals surface area (Å²) in [4.78, 5) is 10.7. The van der Waals surface area contributed by atoms with E-state index in [9.17, 15) is 4.79 Å². The molecule has 15 heavy (non-hydrogen) atoms. The van der Waals surface area contributed by atoms with Crippen LogP contribution >= 0.6 is 0 Å². The molecule has 0 saturated carbocycles. The molecule has 1 fully saturated rings. The summed E-state index contributed by atoms with van der Waals surface area (Å²) >= 11 is 0. The van der Waals surface area contributed by atoms with Crippen molar-refractivity contribution in [3.05, 3.63) is 35.4 Å². The smallest absolute Gasteiger partial charge is 0.307 e. The van der Waals surface area contributed by atoms with Gasteiger partial charge in [-0.05, 0) is 5.56 Å². The predicted molar refractivity (Wildman–Crippen MR) is 52.4 cm³/mol. The Kier molecular flexibility index (Phi) is 2.99. The maximum Gasteiger partial charge on any atom is 0.307 e. The van der Waals surface area contributed by atoms with Gasteiger partial charge in [0.05, 0.1) is 19.6 Å². The Labute approximate surface area is 87.4 Å². The van der Waals surface area contributed by atoms with E-state index < -0.39 is 12.3 Å². The molecule has 4 heteroatoms. The lowest BCUT2D eigenvalue weighted by atomic mass is 10.0. The number of carbonyl (C=O) groups is 1. The van der Waals surface area contributed by atoms with Crippen molar-refractivity contribution in [1.82, 2.24) is 0 Å². The zero-order valence-corrected chi connectivity index (χ0v) is 8.18. The molecule has 0 unspecified atom stereocenters. The van der Waals surface area contributed by atoms with Crippen LogP contribution in [-0.2, 0) is 20.7 Å². The molecule has 0 radical (unpaired) electrons. The lowest BCUT2D eigenvalue weighted by Gasteiger charge is -2.13. The highest BCUT2D eigenvalue weighted by Crippen LogP contribution is 2.26. The van der Waals surface area contributed by atoms with E-state index in [4.69, 9.17) is 14.6 Å². The first-order valence-electron chi connectivity index (χ1n) is 4.80. The van der Waals surface area contributed by atoms with Crippen LogP contribution in [0.5, 0.6) is 0 Å². The third-order valence-electron chi connectivity index (χ3n) is 2.27. The normalized spacial score (nSPS) is 16.8. The maximum absolute atomic E-state index is 10.7. The second-order valence-corrected chi connectivity index (χ2v) is 3.34. The Morgan fingerprint density at radius 3 is 2.67 bits per heavy atom. The monoisotopic (exact) mass is 208 g/mol. The average Bonchev–Trinajstić information content (AvgIpc) is 2.70. The van der Waals surface area contributed by atoms with Gasteiger partial charge < -0.3 is 14.6 Å². The number of rotatable bonds is 3. The van der Waals surface area contributed by atoms with Crippen molar-refractivity contribution in [2.75, 3.05) is 13.2 Å². The molecule has 1 aromatic carbocycles. The van der Waals surface area contributed by atoms with Gasteiger partial charge in [0, 0.05) is 5.56 Å². The van der Waals surface area contributed by atoms with E-state index in [0.717, 1.165) is 11.1 Å². The first kappa shape index (κ1) is 10.1. The minimum Gasteiger partial charge on any atom is -0.481 e. The lowest BCUT2D eigenvalue weighted by Crippen LogP contribution is -2.07. The van der Waals surface area contributed by atoms with Crippen molar-refractivity contribution in [1.29, 1.82) is 0 Å². The van der Waals surface area contributed by atoms with Gasteiger partial charge in [-0.2, -0.15) is 0 Å². The average molecular weight is 208 g/mol. The van der Waals surface area contributed by atoms with Crippen molar-refractivity contribution in [2.24, 2.45) is 0 Å². The van der Waals surface area contributed by atoms with E-state index in [1.165, 1.54) is 0 Å². The van der Waals surface area contributed by atoms with Gasteiger partial charge in [-0.1, -0.05) is 24.3 Å². The molecule has 1 heterocycles. The van der Waals surface area contributed by atoms with E-state index in [1.54, 1.807) is 6.07 Å². The predicted octanol–water partition coefficient (Wildman–Crippen LogP) is 1.36. The van der Waals surface area contributed by atoms with Crippen molar-refractivity contribution in [3.8, 4) is 0 Å². The highest BCUT2D eigenvalue weighted by molar-refractivity contribution is 5.70. The second kappa shape index (κ2) is 4.42. The molecule has 0 amide bonds. The minimum atomic E-state index is -0.847. The first-order chi connectivity index (χ1) is 7.27. The molecule has 0 atom stereocenters. The van der Waals surface area contributed by atoms with Crippen molar-refractivity contribution < 1.29 is 19.4 Å². The highest BCUT2D eigenvalue weighted by atomic mass is 16.7. The standard InChI is InChI=1S/C11H12O4/c12-10(13)7-8-3-1-2-4-9(8)11-14-5-6-15-11/h1-4,11H,5-7H2,(H,12,13). The number of aliphatic carboxylic acids is 1. The van der Waals surface area contributed by atoms with Crippen LogP contribution in [0, 0.1) is 0 Å². The molecule has 0 spiro atoms. The summed E-state index contributed by atoms with van der Waals surface area (Å²) < 4.78 is 10.7. The van der Waals surface area contributed by atoms with Gasteiger partial charge in [0.25, 0.3) is 0 Å². The molecule has 1 aliphatic rings. The third-order valence-corrected chi connectivity index (χ3v) is 2.27. The largest absolute Gasteiger partial charge is 0.481 e. The summed E-state index contributed by atoms with van der Waals surface area (Å²) in [5.74, 6) is -0.847. The van der Waals surface area contributed by atoms with E-state index >= 15 is 0 Å². The highest BCUT2D eigenvalue weighted by Gasteiger charge is 2.21. The molecule has 1 saturated heterocycles. The number of hydrogen-bond donors (Lipinski definition) is 1. The Bertz CT molecular complexity index is 355. The molecule has 1 N–H and O–H groups in total. The molecule has 4 nitrogen and oxygen atoms in total. The molecule has 1 aromatic rings. The van der Waals surface area contributed by atoms with E-state index in [0.29, 0.717) is 13.2 Å². The number of benzene rings is 1. The van der Waals surface area contributed by atoms with Gasteiger partial charge in [0.15, 0.2) is 6.29 Å². The Morgan fingerprint density at radius 1 is 1.33 bits per heavy atom. The van der Waals surface area contributed by atoms with Crippen LogP contribution in [0.3, 0.4) is 0 Å². The fourth-order valence-corrected chi connectivity index (χ4v) is 1.63. The second-order valence-electron chi connectivity index (χ2n) is 3.34. The summed E-state index contributed by atoms with van der Waals surface area (Å²) in [5.41, 5.74) is 1.56. The quantitative estimate of drug-likeness (QED) is 0.814. The van der Waals surface area contributed by atoms with Crippen LogP contribution in [0.15, 0.2) is 24.3 Å². The van der Waals surface area contributed by atoms with Gasteiger partial charge in [-0.25, -0.2) is 0 Å². The summed E-state index contributed by atoms with van der Waals surface area (Å²) in [5, 5.41) is 8.75. The molecule has 80 valence electrons. The fraction of sp³-hybridized carbons (Fsp3) is 0.364. The molecular weight excluding hydrogens is 196 g/mol. The fourth-order valence-electron chi connectivity index (χ4n) is 1.63. The number of carboxylic acid groups (broad SMARTS) is 1. The van der Waals surface area contributed by atoms with Gasteiger partial charge in [-0.15, -0.1) is 0 Å². The van der Waals surface area contributed by atoms with Crippen LogP contribution < -0.4 is 0 Å². The molecular formula is C11H12O4. The van der Waals surface area contributed by atoms with Crippen molar-refractivity contribution in [2.45, 2.75) is 12.7 Å². The Hall–Kier alpha value is -1.39. The minimum absolute atomic E-state index is 0.000602. The van der Waals surface area contributed by atoms with Gasteiger partial charge in [0.1, 0.15) is 0 Å². The van der Waals surface area contributed by atoms with Crippen LogP contribution in [0.1, 0.15) is 17.4 Å². The zero-order chi connectivity index (χ0) is 10.7. The summed E-state index contributed by atoms with van der Waals surface area (Å²) in [7, 11) is 0. The zero-order valence-electron chi connectivity index (χ0n) is 8.18. The van der Waals surface area contributed by atoms with Crippen LogP contribution in [0.25, 0.3) is 0 Å². The van der Waals surface area contributed by atoms with Crippen LogP contribution in [-0.4, -0.2) is 24.3 Å². The molecule has 1 aliphatic heterocycles. The van der Waals surface area contributed by atoms with Gasteiger partial charge >= 0.3 is 5.97 Å². The summed E-state index contributed by atoms with van der Waals surface area (Å²) in [6.07, 6.45) is -0.403. The first-order valence-corrected chi connectivity index (χ1v) is 4.80. The Morgan fingerprint density at radius 2 is 2.00 bits per heavy atom. The SMILES string of the molecule is O=C(O)Cc1ccccc1C1OCCO1. The third kappa shape index (κ3) is 2.34. The van der Waals surface area contributed by atoms with E-state index in [-0.39, 0.29) is 6.42 Å². The van der Waals surface area contributed by atoms with Crippen molar-refractivity contribution in [3.63, 3.8) is 0 Å². The topological polar surface area (TPSA) is 55.8 Å². The van der Waals surface area contributed by atoms with Gasteiger partial charge in [0.2, 0.25) is 0 Å². The number of hydrogen-bond acceptors (Lipinski definition) is 3.